The fourth-order valence-corrected chi connectivity index (χ4v) is 3.80. The van der Waals surface area contributed by atoms with Crippen LogP contribution in [-0.4, -0.2) is 30.5 Å². The van der Waals surface area contributed by atoms with Crippen molar-refractivity contribution in [3.63, 3.8) is 0 Å². The zero-order chi connectivity index (χ0) is 22.1. The van der Waals surface area contributed by atoms with Gasteiger partial charge in [0, 0.05) is 30.5 Å². The summed E-state index contributed by atoms with van der Waals surface area (Å²) in [5.41, 5.74) is 6.20. The second-order valence-corrected chi connectivity index (χ2v) is 7.41. The van der Waals surface area contributed by atoms with Crippen molar-refractivity contribution < 1.29 is 4.79 Å². The third kappa shape index (κ3) is 3.66. The van der Waals surface area contributed by atoms with Gasteiger partial charge in [0.25, 0.3) is 5.91 Å². The summed E-state index contributed by atoms with van der Waals surface area (Å²) in [6.45, 7) is 6.76. The number of aromatic nitrogens is 5. The first kappa shape index (κ1) is 20.3. The molecule has 0 spiro atoms. The average molecular weight is 413 g/mol. The van der Waals surface area contributed by atoms with Crippen molar-refractivity contribution in [1.82, 2.24) is 24.5 Å². The Morgan fingerprint density at radius 1 is 1.23 bits per heavy atom. The number of rotatable bonds is 5. The summed E-state index contributed by atoms with van der Waals surface area (Å²) in [5, 5.41) is 21.3. The monoisotopic (exact) mass is 413 g/mol. The molecule has 3 heterocycles. The molecule has 0 aliphatic heterocycles. The highest BCUT2D eigenvalue weighted by atomic mass is 16.1. The molecular weight excluding hydrogens is 390 g/mol. The topological polar surface area (TPSA) is 101 Å². The van der Waals surface area contributed by atoms with Crippen LogP contribution < -0.4 is 5.32 Å². The number of nitriles is 1. The Hall–Kier alpha value is -3.99. The lowest BCUT2D eigenvalue weighted by molar-refractivity contribution is 0.102. The maximum Gasteiger partial charge on any atom is 0.256 e. The lowest BCUT2D eigenvalue weighted by Gasteiger charge is -2.10. The maximum absolute atomic E-state index is 13.2. The predicted octanol–water partition coefficient (Wildman–Crippen LogP) is 3.79. The lowest BCUT2D eigenvalue weighted by Crippen LogP contribution is -2.13. The average Bonchev–Trinajstić information content (AvgIpc) is 3.27. The number of amides is 1. The lowest BCUT2D eigenvalue weighted by atomic mass is 10.0. The van der Waals surface area contributed by atoms with E-state index in [1.165, 1.54) is 0 Å². The minimum atomic E-state index is -0.243. The number of pyridine rings is 1. The van der Waals surface area contributed by atoms with Gasteiger partial charge in [0.2, 0.25) is 0 Å². The van der Waals surface area contributed by atoms with Crippen LogP contribution in [0.2, 0.25) is 0 Å². The van der Waals surface area contributed by atoms with Gasteiger partial charge in [-0.2, -0.15) is 15.5 Å². The molecular formula is C23H23N7O. The zero-order valence-corrected chi connectivity index (χ0v) is 18.0. The molecule has 0 bridgehead atoms. The van der Waals surface area contributed by atoms with Gasteiger partial charge in [0.1, 0.15) is 0 Å². The third-order valence-corrected chi connectivity index (χ3v) is 5.38. The van der Waals surface area contributed by atoms with Gasteiger partial charge in [-0.3, -0.25) is 14.2 Å². The number of carbonyl (C=O) groups is 1. The van der Waals surface area contributed by atoms with E-state index in [1.54, 1.807) is 29.1 Å². The maximum atomic E-state index is 13.2. The molecule has 156 valence electrons. The second-order valence-electron chi connectivity index (χ2n) is 7.41. The standard InChI is InChI=1S/C23H23N7O/c1-5-30-15(3)21(14(2)28-30)20-12-18(19-13-25-29(4)22(19)27-20)23(31)26-17-8-6-16(7-9-17)10-11-24/h6-9,12-13H,5,10H2,1-4H3,(H,26,31). The molecule has 0 atom stereocenters. The van der Waals surface area contributed by atoms with E-state index < -0.39 is 0 Å². The van der Waals surface area contributed by atoms with Crippen LogP contribution >= 0.6 is 0 Å². The van der Waals surface area contributed by atoms with E-state index >= 15 is 0 Å². The van der Waals surface area contributed by atoms with Gasteiger partial charge in [-0.1, -0.05) is 12.1 Å². The van der Waals surface area contributed by atoms with E-state index in [-0.39, 0.29) is 5.91 Å². The molecule has 4 rings (SSSR count). The number of anilines is 1. The highest BCUT2D eigenvalue weighted by Crippen LogP contribution is 2.30. The number of benzene rings is 1. The molecule has 1 N–H and O–H groups in total. The fourth-order valence-electron chi connectivity index (χ4n) is 3.80. The van der Waals surface area contributed by atoms with Gasteiger partial charge in [-0.15, -0.1) is 0 Å². The minimum absolute atomic E-state index is 0.243. The van der Waals surface area contributed by atoms with Crippen LogP contribution in [0.25, 0.3) is 22.3 Å². The van der Waals surface area contributed by atoms with Gasteiger partial charge in [0.15, 0.2) is 5.65 Å². The highest BCUT2D eigenvalue weighted by Gasteiger charge is 2.20. The van der Waals surface area contributed by atoms with Gasteiger partial charge in [-0.05, 0) is 44.5 Å². The largest absolute Gasteiger partial charge is 0.322 e. The Labute approximate surface area is 180 Å². The highest BCUT2D eigenvalue weighted by molar-refractivity contribution is 6.12. The van der Waals surface area contributed by atoms with Crippen molar-refractivity contribution in [3.8, 4) is 17.3 Å². The summed E-state index contributed by atoms with van der Waals surface area (Å²) >= 11 is 0. The van der Waals surface area contributed by atoms with Gasteiger partial charge in [-0.25, -0.2) is 4.98 Å². The molecule has 0 unspecified atom stereocenters. The summed E-state index contributed by atoms with van der Waals surface area (Å²) < 4.78 is 3.60. The van der Waals surface area contributed by atoms with Crippen LogP contribution in [0.4, 0.5) is 5.69 Å². The normalized spacial score (nSPS) is 10.9. The van der Waals surface area contributed by atoms with Crippen molar-refractivity contribution >= 4 is 22.6 Å². The molecule has 31 heavy (non-hydrogen) atoms. The molecule has 0 radical (unpaired) electrons. The van der Waals surface area contributed by atoms with Crippen LogP contribution in [0, 0.1) is 25.2 Å². The molecule has 0 fully saturated rings. The SMILES string of the molecule is CCn1nc(C)c(-c2cc(C(=O)Nc3ccc(CC#N)cc3)c3cnn(C)c3n2)c1C. The second kappa shape index (κ2) is 8.03. The summed E-state index contributed by atoms with van der Waals surface area (Å²) in [7, 11) is 1.81. The number of fused-ring (bicyclic) bond motifs is 1. The van der Waals surface area contributed by atoms with Crippen LogP contribution in [-0.2, 0) is 20.0 Å². The van der Waals surface area contributed by atoms with Gasteiger partial charge >= 0.3 is 0 Å². The molecule has 3 aromatic heterocycles. The van der Waals surface area contributed by atoms with Crippen LogP contribution in [0.3, 0.4) is 0 Å². The molecule has 8 nitrogen and oxygen atoms in total. The first-order chi connectivity index (χ1) is 14.9. The van der Waals surface area contributed by atoms with E-state index in [0.717, 1.165) is 29.1 Å². The number of nitrogens with zero attached hydrogens (tertiary/aromatic N) is 6. The predicted molar refractivity (Wildman–Crippen MR) is 119 cm³/mol. The Morgan fingerprint density at radius 2 is 1.97 bits per heavy atom. The van der Waals surface area contributed by atoms with Crippen molar-refractivity contribution in [2.75, 3.05) is 5.32 Å². The molecule has 0 saturated carbocycles. The molecule has 1 amide bonds. The molecule has 4 aromatic rings. The molecule has 0 aliphatic carbocycles. The van der Waals surface area contributed by atoms with Crippen LogP contribution in [0.5, 0.6) is 0 Å². The number of carbonyl (C=O) groups excluding carboxylic acids is 1. The molecule has 0 aliphatic rings. The minimum Gasteiger partial charge on any atom is -0.322 e. The number of hydrogen-bond donors (Lipinski definition) is 1. The zero-order valence-electron chi connectivity index (χ0n) is 18.0. The van der Waals surface area contributed by atoms with E-state index in [1.807, 2.05) is 44.6 Å². The first-order valence-corrected chi connectivity index (χ1v) is 10.1. The Kier molecular flexibility index (Phi) is 5.26. The van der Waals surface area contributed by atoms with E-state index in [4.69, 9.17) is 10.2 Å². The van der Waals surface area contributed by atoms with Gasteiger partial charge in [0.05, 0.1) is 41.0 Å². The van der Waals surface area contributed by atoms with Crippen molar-refractivity contribution in [2.24, 2.45) is 7.05 Å². The Morgan fingerprint density at radius 3 is 2.61 bits per heavy atom. The van der Waals surface area contributed by atoms with E-state index in [2.05, 4.69) is 21.6 Å². The first-order valence-electron chi connectivity index (χ1n) is 10.1. The van der Waals surface area contributed by atoms with Crippen molar-refractivity contribution in [1.29, 1.82) is 5.26 Å². The number of nitrogens with one attached hydrogen (secondary N) is 1. The third-order valence-electron chi connectivity index (χ3n) is 5.38. The van der Waals surface area contributed by atoms with Crippen molar-refractivity contribution in [2.45, 2.75) is 33.7 Å². The summed E-state index contributed by atoms with van der Waals surface area (Å²) in [4.78, 5) is 18.0. The molecule has 8 heteroatoms. The Balaban J connectivity index is 1.78. The molecule has 0 saturated heterocycles. The molecule has 1 aromatic carbocycles. The van der Waals surface area contributed by atoms with Gasteiger partial charge < -0.3 is 5.32 Å². The number of hydrogen-bond acceptors (Lipinski definition) is 5. The summed E-state index contributed by atoms with van der Waals surface area (Å²) in [5.74, 6) is -0.243. The number of aryl methyl sites for hydroxylation is 3. The quantitative estimate of drug-likeness (QED) is 0.536. The van der Waals surface area contributed by atoms with E-state index in [0.29, 0.717) is 34.4 Å². The van der Waals surface area contributed by atoms with Crippen molar-refractivity contribution in [3.05, 3.63) is 59.0 Å². The van der Waals surface area contributed by atoms with E-state index in [9.17, 15) is 4.79 Å². The Bertz CT molecular complexity index is 1320. The fraction of sp³-hybridized carbons (Fsp3) is 0.261. The summed E-state index contributed by atoms with van der Waals surface area (Å²) in [6.07, 6.45) is 1.99. The smallest absolute Gasteiger partial charge is 0.256 e. The van der Waals surface area contributed by atoms with Crippen LogP contribution in [0.1, 0.15) is 34.2 Å². The van der Waals surface area contributed by atoms with Crippen LogP contribution in [0.15, 0.2) is 36.5 Å². The summed E-state index contributed by atoms with van der Waals surface area (Å²) in [6, 6.07) is 11.2.